The number of hydrogen-bond donors (Lipinski definition) is 0. The lowest BCUT2D eigenvalue weighted by Crippen LogP contribution is -1.97. The fourth-order valence-electron chi connectivity index (χ4n) is 4.59. The van der Waals surface area contributed by atoms with Gasteiger partial charge in [-0.15, -0.1) is 0 Å². The molecule has 0 unspecified atom stereocenters. The Balaban J connectivity index is 1.96. The highest BCUT2D eigenvalue weighted by atomic mass is 16.3. The van der Waals surface area contributed by atoms with Gasteiger partial charge in [0.05, 0.1) is 32.9 Å². The molecule has 7 rings (SSSR count). The zero-order chi connectivity index (χ0) is 46.9. The summed E-state index contributed by atoms with van der Waals surface area (Å²) in [4.78, 5) is 0. The first-order valence-electron chi connectivity index (χ1n) is 23.4. The minimum Gasteiger partial charge on any atom is -0.456 e. The molecular formula is C38H26O. The first kappa shape index (κ1) is 8.97. The number of hydrogen-bond acceptors (Lipinski definition) is 1. The highest BCUT2D eigenvalue weighted by molar-refractivity contribution is 6.19. The monoisotopic (exact) mass is 522 g/mol. The second kappa shape index (κ2) is 9.31. The van der Waals surface area contributed by atoms with Gasteiger partial charge in [0.25, 0.3) is 0 Å². The summed E-state index contributed by atoms with van der Waals surface area (Å²) in [6.45, 7) is 0.763. The summed E-state index contributed by atoms with van der Waals surface area (Å²) in [7, 11) is 0. The summed E-state index contributed by atoms with van der Waals surface area (Å²) in [5.74, 6) is 0. The van der Waals surface area contributed by atoms with E-state index in [0.717, 1.165) is 0 Å². The lowest BCUT2D eigenvalue weighted by molar-refractivity contribution is 0.669. The van der Waals surface area contributed by atoms with E-state index in [4.69, 9.17) is 29.1 Å². The van der Waals surface area contributed by atoms with Crippen LogP contribution in [0.1, 0.15) is 44.0 Å². The zero-order valence-electron chi connectivity index (χ0n) is 43.6. The third kappa shape index (κ3) is 3.55. The number of benzene rings is 6. The molecule has 0 bridgehead atoms. The molecule has 0 spiro atoms. The topological polar surface area (TPSA) is 13.1 Å². The Morgan fingerprint density at radius 2 is 1.08 bits per heavy atom. The fourth-order valence-corrected chi connectivity index (χ4v) is 4.59. The molecule has 0 aliphatic heterocycles. The Morgan fingerprint density at radius 1 is 0.538 bits per heavy atom. The molecule has 0 radical (unpaired) electrons. The Morgan fingerprint density at radius 3 is 1.79 bits per heavy atom. The van der Waals surface area contributed by atoms with Gasteiger partial charge >= 0.3 is 0 Å². The van der Waals surface area contributed by atoms with E-state index in [9.17, 15) is 8.22 Å². The lowest BCUT2D eigenvalue weighted by Gasteiger charge is -2.22. The van der Waals surface area contributed by atoms with E-state index in [1.54, 1.807) is 0 Å². The van der Waals surface area contributed by atoms with Crippen LogP contribution in [0.25, 0.3) is 78.2 Å². The van der Waals surface area contributed by atoms with Gasteiger partial charge in [-0.2, -0.15) is 0 Å². The van der Waals surface area contributed by atoms with Crippen molar-refractivity contribution in [3.63, 3.8) is 0 Å². The van der Waals surface area contributed by atoms with Crippen LogP contribution in [0.15, 0.2) is 138 Å². The van der Waals surface area contributed by atoms with Gasteiger partial charge in [-0.3, -0.25) is 0 Å². The molecule has 0 N–H and O–H groups in total. The van der Waals surface area contributed by atoms with Crippen molar-refractivity contribution in [3.05, 3.63) is 145 Å². The maximum Gasteiger partial charge on any atom is 0.136 e. The van der Waals surface area contributed by atoms with Crippen molar-refractivity contribution in [1.82, 2.24) is 0 Å². The van der Waals surface area contributed by atoms with Crippen molar-refractivity contribution >= 4 is 44.8 Å². The molecule has 0 fully saturated rings. The molecule has 0 aliphatic carbocycles. The third-order valence-electron chi connectivity index (χ3n) is 6.11. The Bertz CT molecular complexity index is 3300. The summed E-state index contributed by atoms with van der Waals surface area (Å²) < 4.78 is 217. The summed E-state index contributed by atoms with van der Waals surface area (Å²) >= 11 is 0. The molecule has 1 heterocycles. The van der Waals surface area contributed by atoms with Crippen LogP contribution >= 0.6 is 0 Å². The van der Waals surface area contributed by atoms with Crippen LogP contribution in [-0.4, -0.2) is 0 Å². The van der Waals surface area contributed by atoms with Crippen LogP contribution in [0.5, 0.6) is 0 Å². The SMILES string of the molecule is [2H]C=C([2H])c1c(C([2H])=C[2H])c(-c2c([2H])c([2H])c([2H])c3oc4c([2H])c([2H])c([2H])c([2H])c4c23)c2c([2H])c([2H])c([2H])c([2H])c2c1-c1c([2H])c([2H])c([2H])c([2H])c1-c1c([2H])c([2H])c([2H])c([2H])c1[2H]. The standard InChI is InChI=1S/C38H26O/c1-3-26-27(4-2)37(33-22-14-24-35-38(33)32-21-12-13-23-34(32)39-35)31-20-11-10-19-30(31)36(26)29-18-9-8-17-28(29)25-15-6-5-7-16-25/h3-24H,1-2H2/i1D,2D,3D,4D,5D,6D,7D,8D,9D,10D,11D,12D,13D,14D,15D,16D,17D,18D,19D,20D,21D,22D,23D,24D. The van der Waals surface area contributed by atoms with E-state index in [0.29, 0.717) is 13.1 Å². The van der Waals surface area contributed by atoms with E-state index in [-0.39, 0.29) is 0 Å². The van der Waals surface area contributed by atoms with Gasteiger partial charge in [-0.1, -0.05) is 134 Å². The van der Waals surface area contributed by atoms with Gasteiger partial charge in [0, 0.05) is 10.8 Å². The number of furan rings is 1. The molecule has 0 aliphatic rings. The molecule has 1 aromatic heterocycles. The zero-order valence-corrected chi connectivity index (χ0v) is 19.6. The van der Waals surface area contributed by atoms with E-state index in [1.165, 1.54) is 0 Å². The molecule has 1 nitrogen and oxygen atoms in total. The van der Waals surface area contributed by atoms with Crippen molar-refractivity contribution in [2.45, 2.75) is 0 Å². The first-order chi connectivity index (χ1) is 29.4. The van der Waals surface area contributed by atoms with Gasteiger partial charge in [0.15, 0.2) is 0 Å². The quantitative estimate of drug-likeness (QED) is 0.219. The molecule has 0 atom stereocenters. The van der Waals surface area contributed by atoms with Crippen molar-refractivity contribution in [2.24, 2.45) is 0 Å². The van der Waals surface area contributed by atoms with Crippen molar-refractivity contribution in [2.75, 3.05) is 0 Å². The molecule has 6 aromatic carbocycles. The predicted molar refractivity (Wildman–Crippen MR) is 168 cm³/mol. The minimum absolute atomic E-state index is 0.375. The van der Waals surface area contributed by atoms with E-state index in [1.807, 2.05) is 0 Å². The molecule has 1 heteroatoms. The largest absolute Gasteiger partial charge is 0.456 e. The lowest BCUT2D eigenvalue weighted by atomic mass is 9.81. The van der Waals surface area contributed by atoms with Crippen LogP contribution in [-0.2, 0) is 0 Å². The van der Waals surface area contributed by atoms with Crippen molar-refractivity contribution in [1.29, 1.82) is 0 Å². The predicted octanol–water partition coefficient (Wildman–Crippen LogP) is 11.0. The number of para-hydroxylation sites is 1. The van der Waals surface area contributed by atoms with E-state index in [2.05, 4.69) is 0 Å². The maximum atomic E-state index is 9.38. The van der Waals surface area contributed by atoms with Crippen LogP contribution in [0, 0.1) is 0 Å². The van der Waals surface area contributed by atoms with E-state index < -0.39 is 210 Å². The molecular weight excluding hydrogens is 472 g/mol. The van der Waals surface area contributed by atoms with Crippen molar-refractivity contribution in [3.8, 4) is 33.4 Å². The van der Waals surface area contributed by atoms with Gasteiger partial charge in [0.1, 0.15) is 11.2 Å². The first-order valence-corrected chi connectivity index (χ1v) is 11.2. The maximum absolute atomic E-state index is 9.38. The third-order valence-corrected chi connectivity index (χ3v) is 6.11. The molecule has 184 valence electrons. The summed E-state index contributed by atoms with van der Waals surface area (Å²) in [6, 6.07) is -20.4. The smallest absolute Gasteiger partial charge is 0.136 e. The summed E-state index contributed by atoms with van der Waals surface area (Å²) in [6.07, 6.45) is 0. The van der Waals surface area contributed by atoms with E-state index >= 15 is 0 Å². The van der Waals surface area contributed by atoms with Gasteiger partial charge in [-0.25, -0.2) is 0 Å². The Hall–Kier alpha value is -5.14. The van der Waals surface area contributed by atoms with Crippen LogP contribution in [0.3, 0.4) is 0 Å². The highest BCUT2D eigenvalue weighted by Crippen LogP contribution is 2.47. The Labute approximate surface area is 261 Å². The fraction of sp³-hybridized carbons (Fsp3) is 0. The molecule has 0 amide bonds. The highest BCUT2D eigenvalue weighted by Gasteiger charge is 2.22. The second-order valence-electron chi connectivity index (χ2n) is 8.05. The summed E-state index contributed by atoms with van der Waals surface area (Å²) in [5, 5.41) is -2.43. The number of rotatable bonds is 5. The Kier molecular flexibility index (Phi) is 2.14. The minimum atomic E-state index is -1.04. The normalized spacial score (nSPS) is 21.0. The molecule has 0 saturated heterocycles. The summed E-state index contributed by atoms with van der Waals surface area (Å²) in [5.41, 5.74) is -7.27. The molecule has 39 heavy (non-hydrogen) atoms. The molecule has 7 aromatic rings. The van der Waals surface area contributed by atoms with Crippen LogP contribution < -0.4 is 0 Å². The van der Waals surface area contributed by atoms with Gasteiger partial charge < -0.3 is 4.42 Å². The van der Waals surface area contributed by atoms with Gasteiger partial charge in [0.2, 0.25) is 0 Å². The average Bonchev–Trinajstić information content (AvgIpc) is 3.67. The molecule has 0 saturated carbocycles. The second-order valence-corrected chi connectivity index (χ2v) is 8.05. The van der Waals surface area contributed by atoms with Crippen LogP contribution in [0.2, 0.25) is 0 Å². The van der Waals surface area contributed by atoms with Crippen molar-refractivity contribution < 1.29 is 37.3 Å². The average molecular weight is 523 g/mol. The van der Waals surface area contributed by atoms with Gasteiger partial charge in [-0.05, 0) is 67.4 Å². The number of fused-ring (bicyclic) bond motifs is 4. The van der Waals surface area contributed by atoms with Crippen LogP contribution in [0.4, 0.5) is 0 Å².